The number of hydrogen-bond donors (Lipinski definition) is 1. The normalized spacial score (nSPS) is 11.2. The van der Waals surface area contributed by atoms with Crippen LogP contribution < -0.4 is 10.2 Å². The molecule has 1 N–H and O–H groups in total. The van der Waals surface area contributed by atoms with Crippen LogP contribution >= 0.6 is 0 Å². The van der Waals surface area contributed by atoms with Crippen LogP contribution in [0.4, 0.5) is 5.82 Å². The molecule has 3 heteroatoms. The molecule has 0 bridgehead atoms. The molecule has 0 fully saturated rings. The SMILES string of the molecule is CC(C)CNCc1cc(N(C)C)nc2ccccc12. The highest BCUT2D eigenvalue weighted by Crippen LogP contribution is 2.21. The third-order valence-corrected chi connectivity index (χ3v) is 3.11. The van der Waals surface area contributed by atoms with Gasteiger partial charge in [0, 0.05) is 26.0 Å². The van der Waals surface area contributed by atoms with Crippen LogP contribution in [0, 0.1) is 5.92 Å². The van der Waals surface area contributed by atoms with Crippen molar-refractivity contribution in [1.82, 2.24) is 10.3 Å². The summed E-state index contributed by atoms with van der Waals surface area (Å²) in [7, 11) is 4.06. The first-order valence-corrected chi connectivity index (χ1v) is 6.84. The van der Waals surface area contributed by atoms with Gasteiger partial charge in [-0.05, 0) is 30.2 Å². The van der Waals surface area contributed by atoms with Gasteiger partial charge in [-0.15, -0.1) is 0 Å². The van der Waals surface area contributed by atoms with Crippen molar-refractivity contribution in [2.24, 2.45) is 5.92 Å². The van der Waals surface area contributed by atoms with Crippen LogP contribution in [0.2, 0.25) is 0 Å². The fourth-order valence-electron chi connectivity index (χ4n) is 2.10. The number of benzene rings is 1. The summed E-state index contributed by atoms with van der Waals surface area (Å²) in [5, 5.41) is 4.75. The van der Waals surface area contributed by atoms with Crippen molar-refractivity contribution >= 4 is 16.7 Å². The predicted molar refractivity (Wildman–Crippen MR) is 82.6 cm³/mol. The van der Waals surface area contributed by atoms with Crippen molar-refractivity contribution in [3.05, 3.63) is 35.9 Å². The van der Waals surface area contributed by atoms with Crippen molar-refractivity contribution < 1.29 is 0 Å². The highest BCUT2D eigenvalue weighted by molar-refractivity contribution is 5.84. The van der Waals surface area contributed by atoms with E-state index in [4.69, 9.17) is 0 Å². The lowest BCUT2D eigenvalue weighted by molar-refractivity contribution is 0.553. The first kappa shape index (κ1) is 13.8. The Morgan fingerprint density at radius 1 is 1.21 bits per heavy atom. The molecule has 1 aromatic heterocycles. The Hall–Kier alpha value is -1.61. The number of fused-ring (bicyclic) bond motifs is 1. The molecule has 2 rings (SSSR count). The molecule has 0 unspecified atom stereocenters. The lowest BCUT2D eigenvalue weighted by atomic mass is 10.1. The Morgan fingerprint density at radius 3 is 2.63 bits per heavy atom. The minimum absolute atomic E-state index is 0.668. The molecule has 0 spiro atoms. The van der Waals surface area contributed by atoms with Gasteiger partial charge >= 0.3 is 0 Å². The first-order chi connectivity index (χ1) is 9.08. The van der Waals surface area contributed by atoms with Crippen molar-refractivity contribution in [1.29, 1.82) is 0 Å². The molecule has 0 aliphatic rings. The van der Waals surface area contributed by atoms with E-state index in [1.54, 1.807) is 0 Å². The summed E-state index contributed by atoms with van der Waals surface area (Å²) in [6.45, 7) is 6.38. The molecular weight excluding hydrogens is 234 g/mol. The van der Waals surface area contributed by atoms with Gasteiger partial charge in [-0.25, -0.2) is 4.98 Å². The van der Waals surface area contributed by atoms with Gasteiger partial charge in [-0.3, -0.25) is 0 Å². The van der Waals surface area contributed by atoms with Crippen LogP contribution in [0.3, 0.4) is 0 Å². The minimum Gasteiger partial charge on any atom is -0.363 e. The number of hydrogen-bond acceptors (Lipinski definition) is 3. The second-order valence-electron chi connectivity index (χ2n) is 5.58. The average Bonchev–Trinajstić information content (AvgIpc) is 2.38. The Bertz CT molecular complexity index is 547. The van der Waals surface area contributed by atoms with Gasteiger partial charge in [0.2, 0.25) is 0 Å². The highest BCUT2D eigenvalue weighted by atomic mass is 15.1. The highest BCUT2D eigenvalue weighted by Gasteiger charge is 2.06. The average molecular weight is 257 g/mol. The summed E-state index contributed by atoms with van der Waals surface area (Å²) in [6.07, 6.45) is 0. The van der Waals surface area contributed by atoms with Gasteiger partial charge < -0.3 is 10.2 Å². The minimum atomic E-state index is 0.668. The Balaban J connectivity index is 2.33. The standard InChI is InChI=1S/C16H23N3/c1-12(2)10-17-11-13-9-16(19(3)4)18-15-8-6-5-7-14(13)15/h5-9,12,17H,10-11H2,1-4H3. The molecule has 0 saturated carbocycles. The fourth-order valence-corrected chi connectivity index (χ4v) is 2.10. The topological polar surface area (TPSA) is 28.2 Å². The van der Waals surface area contributed by atoms with Crippen LogP contribution in [0.15, 0.2) is 30.3 Å². The van der Waals surface area contributed by atoms with Crippen LogP contribution in [0.25, 0.3) is 10.9 Å². The smallest absolute Gasteiger partial charge is 0.129 e. The van der Waals surface area contributed by atoms with Gasteiger partial charge in [0.25, 0.3) is 0 Å². The Labute approximate surface area is 115 Å². The number of nitrogens with zero attached hydrogens (tertiary/aromatic N) is 2. The number of anilines is 1. The van der Waals surface area contributed by atoms with Crippen LogP contribution in [0.1, 0.15) is 19.4 Å². The van der Waals surface area contributed by atoms with E-state index in [0.717, 1.165) is 24.4 Å². The summed E-state index contributed by atoms with van der Waals surface area (Å²) in [6, 6.07) is 10.5. The number of aromatic nitrogens is 1. The molecule has 19 heavy (non-hydrogen) atoms. The second kappa shape index (κ2) is 6.02. The van der Waals surface area contributed by atoms with Crippen molar-refractivity contribution in [2.45, 2.75) is 20.4 Å². The zero-order chi connectivity index (χ0) is 13.8. The van der Waals surface area contributed by atoms with E-state index in [9.17, 15) is 0 Å². The van der Waals surface area contributed by atoms with E-state index in [0.29, 0.717) is 5.92 Å². The third-order valence-electron chi connectivity index (χ3n) is 3.11. The third kappa shape index (κ3) is 3.44. The van der Waals surface area contributed by atoms with Crippen LogP contribution in [-0.4, -0.2) is 25.6 Å². The summed E-state index contributed by atoms with van der Waals surface area (Å²) in [5.41, 5.74) is 2.38. The van der Waals surface area contributed by atoms with Gasteiger partial charge in [0.1, 0.15) is 5.82 Å². The number of nitrogens with one attached hydrogen (secondary N) is 1. The quantitative estimate of drug-likeness (QED) is 0.892. The first-order valence-electron chi connectivity index (χ1n) is 6.84. The maximum atomic E-state index is 4.68. The maximum Gasteiger partial charge on any atom is 0.129 e. The maximum absolute atomic E-state index is 4.68. The van der Waals surface area contributed by atoms with E-state index in [1.165, 1.54) is 10.9 Å². The predicted octanol–water partition coefficient (Wildman–Crippen LogP) is 3.05. The Kier molecular flexibility index (Phi) is 4.38. The van der Waals surface area contributed by atoms with E-state index >= 15 is 0 Å². The van der Waals surface area contributed by atoms with Gasteiger partial charge in [-0.2, -0.15) is 0 Å². The lowest BCUT2D eigenvalue weighted by Crippen LogP contribution is -2.20. The summed E-state index contributed by atoms with van der Waals surface area (Å²) < 4.78 is 0. The summed E-state index contributed by atoms with van der Waals surface area (Å²) in [4.78, 5) is 6.73. The lowest BCUT2D eigenvalue weighted by Gasteiger charge is -2.16. The van der Waals surface area contributed by atoms with Crippen molar-refractivity contribution in [3.8, 4) is 0 Å². The molecule has 0 aliphatic heterocycles. The van der Waals surface area contributed by atoms with Crippen molar-refractivity contribution in [2.75, 3.05) is 25.5 Å². The van der Waals surface area contributed by atoms with E-state index in [2.05, 4.69) is 53.3 Å². The molecule has 0 saturated heterocycles. The zero-order valence-electron chi connectivity index (χ0n) is 12.3. The second-order valence-corrected chi connectivity index (χ2v) is 5.58. The van der Waals surface area contributed by atoms with E-state index < -0.39 is 0 Å². The van der Waals surface area contributed by atoms with E-state index in [1.807, 2.05) is 20.2 Å². The molecule has 3 nitrogen and oxygen atoms in total. The molecule has 102 valence electrons. The zero-order valence-corrected chi connectivity index (χ0v) is 12.3. The van der Waals surface area contributed by atoms with Gasteiger partial charge in [-0.1, -0.05) is 32.0 Å². The molecule has 0 radical (unpaired) electrons. The molecule has 0 aliphatic carbocycles. The summed E-state index contributed by atoms with van der Waals surface area (Å²) in [5.74, 6) is 1.68. The molecular formula is C16H23N3. The fraction of sp³-hybridized carbons (Fsp3) is 0.438. The summed E-state index contributed by atoms with van der Waals surface area (Å²) >= 11 is 0. The number of pyridine rings is 1. The number of para-hydroxylation sites is 1. The van der Waals surface area contributed by atoms with Crippen molar-refractivity contribution in [3.63, 3.8) is 0 Å². The molecule has 0 amide bonds. The molecule has 1 heterocycles. The number of rotatable bonds is 5. The monoisotopic (exact) mass is 257 g/mol. The molecule has 2 aromatic rings. The largest absolute Gasteiger partial charge is 0.363 e. The van der Waals surface area contributed by atoms with Crippen LogP contribution in [-0.2, 0) is 6.54 Å². The van der Waals surface area contributed by atoms with Crippen LogP contribution in [0.5, 0.6) is 0 Å². The Morgan fingerprint density at radius 2 is 1.95 bits per heavy atom. The van der Waals surface area contributed by atoms with E-state index in [-0.39, 0.29) is 0 Å². The molecule has 1 aromatic carbocycles. The molecule has 0 atom stereocenters. The van der Waals surface area contributed by atoms with Gasteiger partial charge in [0.05, 0.1) is 5.52 Å². The van der Waals surface area contributed by atoms with Gasteiger partial charge in [0.15, 0.2) is 0 Å².